The van der Waals surface area contributed by atoms with Gasteiger partial charge in [0, 0.05) is 6.54 Å². The van der Waals surface area contributed by atoms with Gasteiger partial charge in [-0.15, -0.1) is 0 Å². The number of fused-ring (bicyclic) bond motifs is 1. The summed E-state index contributed by atoms with van der Waals surface area (Å²) in [6, 6.07) is 0. The van der Waals surface area contributed by atoms with Gasteiger partial charge in [0.05, 0.1) is 6.33 Å². The third-order valence-corrected chi connectivity index (χ3v) is 5.74. The highest BCUT2D eigenvalue weighted by molar-refractivity contribution is 5.82. The molecule has 172 valence electrons. The van der Waals surface area contributed by atoms with Gasteiger partial charge in [0.25, 0.3) is 5.91 Å². The fourth-order valence-electron chi connectivity index (χ4n) is 3.91. The fourth-order valence-corrected chi connectivity index (χ4v) is 3.91. The van der Waals surface area contributed by atoms with Crippen molar-refractivity contribution in [2.45, 2.75) is 89.3 Å². The fraction of sp³-hybridized carbons (Fsp3) is 0.714. The molecule has 1 saturated heterocycles. The van der Waals surface area contributed by atoms with E-state index in [1.165, 1.54) is 55.7 Å². The Kier molecular flexibility index (Phi) is 8.56. The molecule has 2 aromatic heterocycles. The highest BCUT2D eigenvalue weighted by Crippen LogP contribution is 2.32. The molecular formula is C21H34N6O4. The molecule has 0 aliphatic carbocycles. The molecule has 3 heterocycles. The molecule has 3 rings (SSSR count). The topological polar surface area (TPSA) is 148 Å². The van der Waals surface area contributed by atoms with E-state index in [1.807, 2.05) is 0 Å². The minimum absolute atomic E-state index is 0.201. The van der Waals surface area contributed by atoms with Gasteiger partial charge >= 0.3 is 0 Å². The van der Waals surface area contributed by atoms with E-state index >= 15 is 0 Å². The second kappa shape index (κ2) is 11.4. The predicted molar refractivity (Wildman–Crippen MR) is 116 cm³/mol. The lowest BCUT2D eigenvalue weighted by molar-refractivity contribution is -0.137. The molecule has 0 aromatic carbocycles. The Hall–Kier alpha value is -2.30. The quantitative estimate of drug-likeness (QED) is 0.369. The van der Waals surface area contributed by atoms with Crippen molar-refractivity contribution in [3.8, 4) is 0 Å². The average Bonchev–Trinajstić information content (AvgIpc) is 3.31. The van der Waals surface area contributed by atoms with Gasteiger partial charge in [-0.3, -0.25) is 9.36 Å². The Labute approximate surface area is 182 Å². The van der Waals surface area contributed by atoms with Gasteiger partial charge < -0.3 is 26.0 Å². The van der Waals surface area contributed by atoms with Crippen LogP contribution >= 0.6 is 0 Å². The number of anilines is 1. The number of nitrogens with two attached hydrogens (primary N) is 1. The number of aliphatic hydroxyl groups is 2. The Morgan fingerprint density at radius 1 is 1.06 bits per heavy atom. The smallest absolute Gasteiger partial charge is 0.252 e. The van der Waals surface area contributed by atoms with E-state index in [2.05, 4.69) is 27.2 Å². The molecule has 2 aromatic rings. The summed E-state index contributed by atoms with van der Waals surface area (Å²) in [4.78, 5) is 24.6. The number of unbranched alkanes of at least 4 members (excludes halogenated alkanes) is 8. The van der Waals surface area contributed by atoms with E-state index in [4.69, 9.17) is 10.5 Å². The van der Waals surface area contributed by atoms with Crippen LogP contribution in [-0.4, -0.2) is 60.5 Å². The van der Waals surface area contributed by atoms with Gasteiger partial charge in [-0.05, 0) is 6.42 Å². The molecule has 0 radical (unpaired) electrons. The number of carbonyl (C=O) groups is 1. The number of imidazole rings is 1. The van der Waals surface area contributed by atoms with E-state index in [0.717, 1.165) is 19.3 Å². The van der Waals surface area contributed by atoms with Crippen molar-refractivity contribution < 1.29 is 19.7 Å². The second-order valence-corrected chi connectivity index (χ2v) is 8.13. The molecule has 0 unspecified atom stereocenters. The van der Waals surface area contributed by atoms with Crippen LogP contribution in [0.3, 0.4) is 0 Å². The number of ether oxygens (including phenoxy) is 1. The van der Waals surface area contributed by atoms with Crippen LogP contribution in [0.4, 0.5) is 5.82 Å². The molecule has 10 nitrogen and oxygen atoms in total. The molecular weight excluding hydrogens is 400 g/mol. The summed E-state index contributed by atoms with van der Waals surface area (Å²) in [6.45, 7) is 2.73. The predicted octanol–water partition coefficient (Wildman–Crippen LogP) is 1.67. The second-order valence-electron chi connectivity index (χ2n) is 8.13. The Morgan fingerprint density at radius 3 is 2.45 bits per heavy atom. The molecule has 1 amide bonds. The maximum Gasteiger partial charge on any atom is 0.252 e. The normalized spacial score (nSPS) is 23.5. The largest absolute Gasteiger partial charge is 0.387 e. The number of aromatic nitrogens is 4. The molecule has 10 heteroatoms. The van der Waals surface area contributed by atoms with Gasteiger partial charge in [-0.25, -0.2) is 15.0 Å². The van der Waals surface area contributed by atoms with E-state index in [0.29, 0.717) is 17.7 Å². The van der Waals surface area contributed by atoms with Crippen molar-refractivity contribution in [3.63, 3.8) is 0 Å². The lowest BCUT2D eigenvalue weighted by atomic mass is 10.1. The Morgan fingerprint density at radius 2 is 1.74 bits per heavy atom. The monoisotopic (exact) mass is 434 g/mol. The first kappa shape index (κ1) is 23.4. The average molecular weight is 435 g/mol. The van der Waals surface area contributed by atoms with Crippen LogP contribution < -0.4 is 11.1 Å². The molecule has 0 saturated carbocycles. The summed E-state index contributed by atoms with van der Waals surface area (Å²) in [7, 11) is 0. The highest BCUT2D eigenvalue weighted by Gasteiger charge is 2.47. The van der Waals surface area contributed by atoms with Crippen molar-refractivity contribution in [2.24, 2.45) is 0 Å². The number of aliphatic hydroxyl groups excluding tert-OH is 2. The maximum atomic E-state index is 12.5. The van der Waals surface area contributed by atoms with Crippen LogP contribution in [0.1, 0.15) is 70.9 Å². The van der Waals surface area contributed by atoms with Crippen LogP contribution in [0.15, 0.2) is 12.7 Å². The van der Waals surface area contributed by atoms with E-state index < -0.39 is 30.4 Å². The number of amides is 1. The zero-order valence-electron chi connectivity index (χ0n) is 18.1. The van der Waals surface area contributed by atoms with Crippen molar-refractivity contribution in [1.82, 2.24) is 24.8 Å². The van der Waals surface area contributed by atoms with Crippen LogP contribution in [0, 0.1) is 0 Å². The van der Waals surface area contributed by atoms with Gasteiger partial charge in [0.15, 0.2) is 23.8 Å². The third-order valence-electron chi connectivity index (χ3n) is 5.74. The number of nitrogen functional groups attached to an aromatic ring is 1. The number of nitrogens with one attached hydrogen (secondary N) is 1. The molecule has 1 fully saturated rings. The SMILES string of the molecule is CCCCCCCCCCCNC(=O)[C@H]1O[C@@H](n2cnc3c(N)ncnc32)[C@H](O)[C@@H]1O. The van der Waals surface area contributed by atoms with Crippen LogP contribution in [0.25, 0.3) is 11.2 Å². The van der Waals surface area contributed by atoms with Gasteiger partial charge in [0.2, 0.25) is 0 Å². The number of carbonyl (C=O) groups excluding carboxylic acids is 1. The molecule has 4 atom stereocenters. The Bertz CT molecular complexity index is 844. The van der Waals surface area contributed by atoms with Gasteiger partial charge in [-0.2, -0.15) is 0 Å². The number of hydrogen-bond donors (Lipinski definition) is 4. The van der Waals surface area contributed by atoms with Crippen molar-refractivity contribution in [2.75, 3.05) is 12.3 Å². The summed E-state index contributed by atoms with van der Waals surface area (Å²) in [5.74, 6) is -0.237. The minimum Gasteiger partial charge on any atom is -0.387 e. The first-order chi connectivity index (χ1) is 15.0. The molecule has 31 heavy (non-hydrogen) atoms. The van der Waals surface area contributed by atoms with Crippen LogP contribution in [-0.2, 0) is 9.53 Å². The summed E-state index contributed by atoms with van der Waals surface area (Å²) in [5.41, 5.74) is 6.51. The summed E-state index contributed by atoms with van der Waals surface area (Å²) in [6.07, 6.45) is 8.62. The lowest BCUT2D eigenvalue weighted by Gasteiger charge is -2.16. The first-order valence-corrected chi connectivity index (χ1v) is 11.3. The van der Waals surface area contributed by atoms with E-state index in [1.54, 1.807) is 0 Å². The summed E-state index contributed by atoms with van der Waals surface area (Å²) in [5, 5.41) is 23.6. The summed E-state index contributed by atoms with van der Waals surface area (Å²) >= 11 is 0. The molecule has 0 spiro atoms. The maximum absolute atomic E-state index is 12.5. The van der Waals surface area contributed by atoms with Crippen molar-refractivity contribution in [3.05, 3.63) is 12.7 Å². The van der Waals surface area contributed by atoms with Crippen LogP contribution in [0.5, 0.6) is 0 Å². The van der Waals surface area contributed by atoms with E-state index in [-0.39, 0.29) is 5.82 Å². The number of hydrogen-bond acceptors (Lipinski definition) is 8. The van der Waals surface area contributed by atoms with Gasteiger partial charge in [0.1, 0.15) is 24.1 Å². The number of rotatable bonds is 12. The minimum atomic E-state index is -1.36. The van der Waals surface area contributed by atoms with Crippen LogP contribution in [0.2, 0.25) is 0 Å². The zero-order chi connectivity index (χ0) is 22.2. The highest BCUT2D eigenvalue weighted by atomic mass is 16.6. The van der Waals surface area contributed by atoms with Crippen molar-refractivity contribution >= 4 is 22.9 Å². The molecule has 5 N–H and O–H groups in total. The Balaban J connectivity index is 1.43. The first-order valence-electron chi connectivity index (χ1n) is 11.3. The standard InChI is InChI=1S/C21H34N6O4/c1-2-3-4-5-6-7-8-9-10-11-23-20(30)17-15(28)16(29)21(31-17)27-13-26-14-18(22)24-12-25-19(14)27/h12-13,15-17,21,28-29H,2-11H2,1H3,(H,23,30)(H2,22,24,25)/t15-,16+,17-,21+/m0/s1. The summed E-state index contributed by atoms with van der Waals surface area (Å²) < 4.78 is 7.15. The zero-order valence-corrected chi connectivity index (χ0v) is 18.1. The molecule has 1 aliphatic heterocycles. The third kappa shape index (κ3) is 5.69. The number of nitrogens with zero attached hydrogens (tertiary/aromatic N) is 4. The molecule has 1 aliphatic rings. The molecule has 0 bridgehead atoms. The van der Waals surface area contributed by atoms with Crippen molar-refractivity contribution in [1.29, 1.82) is 0 Å². The van der Waals surface area contributed by atoms with E-state index in [9.17, 15) is 15.0 Å². The lowest BCUT2D eigenvalue weighted by Crippen LogP contribution is -2.43. The van der Waals surface area contributed by atoms with Gasteiger partial charge in [-0.1, -0.05) is 58.3 Å².